The van der Waals surface area contributed by atoms with Gasteiger partial charge in [-0.15, -0.1) is 0 Å². The van der Waals surface area contributed by atoms with E-state index in [9.17, 15) is 0 Å². The Hall–Kier alpha value is -0.570. The molecule has 2 unspecified atom stereocenters. The Morgan fingerprint density at radius 2 is 1.88 bits per heavy atom. The van der Waals surface area contributed by atoms with Gasteiger partial charge in [-0.1, -0.05) is 13.8 Å². The van der Waals surface area contributed by atoms with Crippen LogP contribution in [0.15, 0.2) is 16.9 Å². The Kier molecular flexibility index (Phi) is 4.08. The van der Waals surface area contributed by atoms with Gasteiger partial charge < -0.3 is 5.32 Å². The number of halogens is 1. The van der Waals surface area contributed by atoms with Crippen LogP contribution < -0.4 is 5.32 Å². The molecule has 1 saturated carbocycles. The molecule has 1 aliphatic rings. The van der Waals surface area contributed by atoms with Crippen LogP contribution in [-0.4, -0.2) is 11.0 Å². The van der Waals surface area contributed by atoms with Crippen LogP contribution in [0.2, 0.25) is 0 Å². The standard InChI is InChI=1S/C14H21BrN2/c1-9-4-10(2)6-12(5-9)17-13-7-11(3)14(15)16-8-13/h7-10,12,17H,4-6H2,1-3H3. The SMILES string of the molecule is Cc1cc(NC2CC(C)CC(C)C2)cnc1Br. The van der Waals surface area contributed by atoms with Gasteiger partial charge in [0.25, 0.3) is 0 Å². The van der Waals surface area contributed by atoms with Gasteiger partial charge in [-0.25, -0.2) is 4.98 Å². The molecule has 0 aromatic carbocycles. The molecule has 3 heteroatoms. The summed E-state index contributed by atoms with van der Waals surface area (Å²) in [5.41, 5.74) is 2.34. The van der Waals surface area contributed by atoms with Crippen LogP contribution in [0.4, 0.5) is 5.69 Å². The van der Waals surface area contributed by atoms with E-state index in [1.807, 2.05) is 6.20 Å². The first-order valence-electron chi connectivity index (χ1n) is 6.43. The molecule has 1 aromatic rings. The van der Waals surface area contributed by atoms with Crippen molar-refractivity contribution in [1.29, 1.82) is 0 Å². The van der Waals surface area contributed by atoms with Crippen molar-refractivity contribution in [1.82, 2.24) is 4.98 Å². The Bertz CT molecular complexity index is 382. The maximum Gasteiger partial charge on any atom is 0.109 e. The molecule has 1 fully saturated rings. The summed E-state index contributed by atoms with van der Waals surface area (Å²) in [7, 11) is 0. The van der Waals surface area contributed by atoms with E-state index in [2.05, 4.69) is 53.1 Å². The highest BCUT2D eigenvalue weighted by Gasteiger charge is 2.23. The van der Waals surface area contributed by atoms with E-state index in [1.54, 1.807) is 0 Å². The van der Waals surface area contributed by atoms with Crippen molar-refractivity contribution in [2.24, 2.45) is 11.8 Å². The molecule has 2 atom stereocenters. The van der Waals surface area contributed by atoms with Gasteiger partial charge in [0, 0.05) is 6.04 Å². The number of anilines is 1. The van der Waals surface area contributed by atoms with Crippen molar-refractivity contribution in [3.8, 4) is 0 Å². The largest absolute Gasteiger partial charge is 0.381 e. The van der Waals surface area contributed by atoms with Gasteiger partial charge in [0.2, 0.25) is 0 Å². The molecule has 1 N–H and O–H groups in total. The summed E-state index contributed by atoms with van der Waals surface area (Å²) in [6, 6.07) is 2.78. The molecule has 0 aliphatic heterocycles. The van der Waals surface area contributed by atoms with Gasteiger partial charge in [0.05, 0.1) is 11.9 Å². The first-order valence-corrected chi connectivity index (χ1v) is 7.22. The summed E-state index contributed by atoms with van der Waals surface area (Å²) in [6.45, 7) is 6.79. The molecular formula is C14H21BrN2. The Balaban J connectivity index is 2.02. The molecule has 1 aromatic heterocycles. The van der Waals surface area contributed by atoms with Gasteiger partial charge >= 0.3 is 0 Å². The first kappa shape index (κ1) is 12.9. The van der Waals surface area contributed by atoms with E-state index in [0.717, 1.165) is 22.1 Å². The average Bonchev–Trinajstić information content (AvgIpc) is 2.22. The first-order chi connectivity index (χ1) is 8.04. The fourth-order valence-corrected chi connectivity index (χ4v) is 3.15. The third-order valence-electron chi connectivity index (χ3n) is 3.56. The second-order valence-corrected chi connectivity index (χ2v) is 6.34. The fraction of sp³-hybridized carbons (Fsp3) is 0.643. The smallest absolute Gasteiger partial charge is 0.109 e. The number of rotatable bonds is 2. The van der Waals surface area contributed by atoms with Gasteiger partial charge in [0.1, 0.15) is 4.60 Å². The minimum atomic E-state index is 0.608. The Morgan fingerprint density at radius 1 is 1.24 bits per heavy atom. The van der Waals surface area contributed by atoms with Crippen molar-refractivity contribution < 1.29 is 0 Å². The summed E-state index contributed by atoms with van der Waals surface area (Å²) < 4.78 is 0.938. The van der Waals surface area contributed by atoms with Crippen molar-refractivity contribution >= 4 is 21.6 Å². The van der Waals surface area contributed by atoms with Crippen LogP contribution >= 0.6 is 15.9 Å². The minimum absolute atomic E-state index is 0.608. The number of hydrogen-bond donors (Lipinski definition) is 1. The number of nitrogens with one attached hydrogen (secondary N) is 1. The minimum Gasteiger partial charge on any atom is -0.381 e. The summed E-state index contributed by atoms with van der Waals surface area (Å²) in [4.78, 5) is 4.34. The topological polar surface area (TPSA) is 24.9 Å². The highest BCUT2D eigenvalue weighted by Crippen LogP contribution is 2.30. The van der Waals surface area contributed by atoms with Crippen LogP contribution in [0, 0.1) is 18.8 Å². The maximum absolute atomic E-state index is 4.34. The highest BCUT2D eigenvalue weighted by molar-refractivity contribution is 9.10. The quantitative estimate of drug-likeness (QED) is 0.819. The average molecular weight is 297 g/mol. The Morgan fingerprint density at radius 3 is 2.47 bits per heavy atom. The summed E-state index contributed by atoms with van der Waals surface area (Å²) in [5, 5.41) is 3.63. The molecule has 0 spiro atoms. The number of nitrogens with zero attached hydrogens (tertiary/aromatic N) is 1. The van der Waals surface area contributed by atoms with Crippen molar-refractivity contribution in [2.45, 2.75) is 46.1 Å². The van der Waals surface area contributed by atoms with Gasteiger partial charge in [-0.3, -0.25) is 0 Å². The molecule has 17 heavy (non-hydrogen) atoms. The number of hydrogen-bond acceptors (Lipinski definition) is 2. The normalized spacial score (nSPS) is 29.1. The molecule has 2 nitrogen and oxygen atoms in total. The van der Waals surface area contributed by atoms with E-state index in [-0.39, 0.29) is 0 Å². The molecule has 0 saturated heterocycles. The lowest BCUT2D eigenvalue weighted by Gasteiger charge is -2.32. The van der Waals surface area contributed by atoms with Crippen molar-refractivity contribution in [2.75, 3.05) is 5.32 Å². The fourth-order valence-electron chi connectivity index (χ4n) is 2.94. The van der Waals surface area contributed by atoms with E-state index >= 15 is 0 Å². The van der Waals surface area contributed by atoms with Gasteiger partial charge in [-0.2, -0.15) is 0 Å². The van der Waals surface area contributed by atoms with E-state index in [1.165, 1.54) is 24.8 Å². The maximum atomic E-state index is 4.34. The number of aromatic nitrogens is 1. The zero-order valence-corrected chi connectivity index (χ0v) is 12.4. The molecule has 0 bridgehead atoms. The monoisotopic (exact) mass is 296 g/mol. The third kappa shape index (κ3) is 3.44. The van der Waals surface area contributed by atoms with Crippen LogP contribution in [0.3, 0.4) is 0 Å². The molecule has 1 aliphatic carbocycles. The van der Waals surface area contributed by atoms with E-state index < -0.39 is 0 Å². The van der Waals surface area contributed by atoms with Gasteiger partial charge in [0.15, 0.2) is 0 Å². The van der Waals surface area contributed by atoms with E-state index in [0.29, 0.717) is 6.04 Å². The molecule has 1 heterocycles. The number of aryl methyl sites for hydroxylation is 1. The van der Waals surface area contributed by atoms with Crippen LogP contribution in [0.5, 0.6) is 0 Å². The van der Waals surface area contributed by atoms with Crippen LogP contribution in [0.25, 0.3) is 0 Å². The van der Waals surface area contributed by atoms with E-state index in [4.69, 9.17) is 0 Å². The lowest BCUT2D eigenvalue weighted by molar-refractivity contribution is 0.281. The molecule has 0 amide bonds. The highest BCUT2D eigenvalue weighted by atomic mass is 79.9. The lowest BCUT2D eigenvalue weighted by atomic mass is 9.80. The molecule has 2 rings (SSSR count). The molecule has 94 valence electrons. The predicted molar refractivity (Wildman–Crippen MR) is 76.3 cm³/mol. The van der Waals surface area contributed by atoms with Crippen molar-refractivity contribution in [3.63, 3.8) is 0 Å². The Labute approximate surface area is 112 Å². The van der Waals surface area contributed by atoms with Gasteiger partial charge in [-0.05, 0) is 65.6 Å². The summed E-state index contributed by atoms with van der Waals surface area (Å²) >= 11 is 3.43. The molecular weight excluding hydrogens is 276 g/mol. The zero-order valence-electron chi connectivity index (χ0n) is 10.8. The second kappa shape index (κ2) is 5.38. The number of pyridine rings is 1. The second-order valence-electron chi connectivity index (χ2n) is 5.59. The lowest BCUT2D eigenvalue weighted by Crippen LogP contribution is -2.30. The summed E-state index contributed by atoms with van der Waals surface area (Å²) in [5.74, 6) is 1.67. The third-order valence-corrected chi connectivity index (χ3v) is 4.39. The molecule has 0 radical (unpaired) electrons. The van der Waals surface area contributed by atoms with Crippen LogP contribution in [0.1, 0.15) is 38.7 Å². The van der Waals surface area contributed by atoms with Crippen molar-refractivity contribution in [3.05, 3.63) is 22.4 Å². The predicted octanol–water partition coefficient (Wildman–Crippen LogP) is 4.39. The zero-order chi connectivity index (χ0) is 12.4. The van der Waals surface area contributed by atoms with Crippen LogP contribution in [-0.2, 0) is 0 Å². The summed E-state index contributed by atoms with van der Waals surface area (Å²) in [6.07, 6.45) is 5.84.